The van der Waals surface area contributed by atoms with Gasteiger partial charge in [0.25, 0.3) is 5.91 Å². The summed E-state index contributed by atoms with van der Waals surface area (Å²) in [5.74, 6) is 1.35. The minimum atomic E-state index is -0.265. The molecule has 2 aliphatic rings. The van der Waals surface area contributed by atoms with E-state index < -0.39 is 0 Å². The summed E-state index contributed by atoms with van der Waals surface area (Å²) in [4.78, 5) is 17.0. The summed E-state index contributed by atoms with van der Waals surface area (Å²) in [6, 6.07) is 10.9. The fourth-order valence-corrected chi connectivity index (χ4v) is 3.33. The normalized spacial score (nSPS) is 22.1. The molecule has 25 heavy (non-hydrogen) atoms. The highest BCUT2D eigenvalue weighted by Crippen LogP contribution is 2.34. The number of aliphatic hydroxyl groups is 1. The van der Waals surface area contributed by atoms with Gasteiger partial charge in [0.15, 0.2) is 11.5 Å². The third-order valence-electron chi connectivity index (χ3n) is 4.83. The highest BCUT2D eigenvalue weighted by atomic mass is 16.7. The average Bonchev–Trinajstić information content (AvgIpc) is 3.07. The maximum absolute atomic E-state index is 12.7. The molecule has 1 saturated carbocycles. The molecule has 1 atom stereocenters. The number of aliphatic hydroxyl groups excluding tert-OH is 1. The molecular formula is C19H20N2O4. The monoisotopic (exact) mass is 340 g/mol. The molecule has 1 aromatic carbocycles. The Balaban J connectivity index is 1.48. The average molecular weight is 340 g/mol. The van der Waals surface area contributed by atoms with Gasteiger partial charge in [-0.2, -0.15) is 0 Å². The molecule has 2 heterocycles. The van der Waals surface area contributed by atoms with E-state index in [1.54, 1.807) is 24.4 Å². The van der Waals surface area contributed by atoms with Gasteiger partial charge < -0.3 is 19.9 Å². The number of carbonyl (C=O) groups excluding carboxylic acids is 1. The fourth-order valence-electron chi connectivity index (χ4n) is 3.33. The van der Waals surface area contributed by atoms with Crippen molar-refractivity contribution in [1.82, 2.24) is 10.3 Å². The number of hydrogen-bond donors (Lipinski definition) is 2. The smallest absolute Gasteiger partial charge is 0.251 e. The van der Waals surface area contributed by atoms with Crippen molar-refractivity contribution >= 4 is 5.91 Å². The lowest BCUT2D eigenvalue weighted by Gasteiger charge is -2.38. The molecule has 1 aromatic heterocycles. The molecule has 2 aromatic rings. The van der Waals surface area contributed by atoms with Gasteiger partial charge in [0.05, 0.1) is 6.10 Å². The van der Waals surface area contributed by atoms with E-state index in [1.807, 2.05) is 18.2 Å². The first kappa shape index (κ1) is 15.9. The molecule has 0 bridgehead atoms. The Hall–Kier alpha value is -2.60. The first-order chi connectivity index (χ1) is 12.2. The van der Waals surface area contributed by atoms with Crippen molar-refractivity contribution in [3.63, 3.8) is 0 Å². The summed E-state index contributed by atoms with van der Waals surface area (Å²) in [5, 5.41) is 12.7. The molecular weight excluding hydrogens is 320 g/mol. The second-order valence-electron chi connectivity index (χ2n) is 6.56. The maximum Gasteiger partial charge on any atom is 0.251 e. The van der Waals surface area contributed by atoms with Crippen LogP contribution >= 0.6 is 0 Å². The van der Waals surface area contributed by atoms with Crippen LogP contribution in [0, 0.1) is 5.92 Å². The summed E-state index contributed by atoms with van der Waals surface area (Å²) in [7, 11) is 0. The molecule has 0 unspecified atom stereocenters. The van der Waals surface area contributed by atoms with Crippen molar-refractivity contribution in [2.24, 2.45) is 5.92 Å². The van der Waals surface area contributed by atoms with Crippen LogP contribution in [-0.4, -0.2) is 34.9 Å². The van der Waals surface area contributed by atoms with E-state index in [1.165, 1.54) is 0 Å². The molecule has 0 saturated heterocycles. The Bertz CT molecular complexity index is 759. The van der Waals surface area contributed by atoms with Crippen molar-refractivity contribution in [3.8, 4) is 11.5 Å². The summed E-state index contributed by atoms with van der Waals surface area (Å²) in [5.41, 5.74) is 1.47. The first-order valence-electron chi connectivity index (χ1n) is 8.47. The molecule has 1 aliphatic heterocycles. The Kier molecular flexibility index (Phi) is 4.28. The van der Waals surface area contributed by atoms with Crippen LogP contribution in [0.3, 0.4) is 0 Å². The van der Waals surface area contributed by atoms with E-state index in [0.29, 0.717) is 36.3 Å². The van der Waals surface area contributed by atoms with E-state index in [0.717, 1.165) is 5.69 Å². The van der Waals surface area contributed by atoms with Crippen molar-refractivity contribution in [1.29, 1.82) is 0 Å². The van der Waals surface area contributed by atoms with E-state index in [2.05, 4.69) is 10.3 Å². The van der Waals surface area contributed by atoms with Gasteiger partial charge in [-0.05, 0) is 49.1 Å². The van der Waals surface area contributed by atoms with Gasteiger partial charge in [-0.15, -0.1) is 0 Å². The molecule has 1 aliphatic carbocycles. The van der Waals surface area contributed by atoms with Gasteiger partial charge in [-0.25, -0.2) is 0 Å². The Labute approximate surface area is 145 Å². The number of amides is 1. The molecule has 6 nitrogen and oxygen atoms in total. The van der Waals surface area contributed by atoms with Crippen LogP contribution in [0.1, 0.15) is 28.9 Å². The van der Waals surface area contributed by atoms with E-state index in [9.17, 15) is 9.90 Å². The van der Waals surface area contributed by atoms with Crippen LogP contribution in [0.5, 0.6) is 11.5 Å². The predicted molar refractivity (Wildman–Crippen MR) is 90.5 cm³/mol. The summed E-state index contributed by atoms with van der Waals surface area (Å²) < 4.78 is 10.6. The molecule has 1 fully saturated rings. The lowest BCUT2D eigenvalue weighted by Crippen LogP contribution is -2.48. The van der Waals surface area contributed by atoms with Crippen LogP contribution in [0.4, 0.5) is 0 Å². The van der Waals surface area contributed by atoms with Gasteiger partial charge in [0.2, 0.25) is 6.79 Å². The Morgan fingerprint density at radius 1 is 1.24 bits per heavy atom. The van der Waals surface area contributed by atoms with E-state index >= 15 is 0 Å². The summed E-state index contributed by atoms with van der Waals surface area (Å²) >= 11 is 0. The van der Waals surface area contributed by atoms with Crippen LogP contribution in [0.15, 0.2) is 42.6 Å². The number of benzene rings is 1. The number of rotatable bonds is 5. The summed E-state index contributed by atoms with van der Waals surface area (Å²) in [6.45, 7) is 0.183. The maximum atomic E-state index is 12.7. The molecule has 1 amide bonds. The zero-order valence-corrected chi connectivity index (χ0v) is 13.7. The first-order valence-corrected chi connectivity index (χ1v) is 8.47. The lowest BCUT2D eigenvalue weighted by atomic mass is 9.76. The van der Waals surface area contributed by atoms with Gasteiger partial charge in [0.1, 0.15) is 0 Å². The molecule has 6 heteroatoms. The standard InChI is InChI=1S/C19H20N2O4/c22-15-7-13(8-15)16(10-14-3-1-2-6-20-14)21-19(23)12-4-5-17-18(9-12)25-11-24-17/h1-6,9,13,15-16,22H,7-8,10-11H2,(H,21,23)/t13?,15?,16-/m1/s1. The number of carbonyl (C=O) groups is 1. The fraction of sp³-hybridized carbons (Fsp3) is 0.368. The van der Waals surface area contributed by atoms with Crippen LogP contribution in [0.25, 0.3) is 0 Å². The molecule has 0 spiro atoms. The number of nitrogens with one attached hydrogen (secondary N) is 1. The number of ether oxygens (including phenoxy) is 2. The number of aromatic nitrogens is 1. The van der Waals surface area contributed by atoms with Crippen molar-refractivity contribution in [2.45, 2.75) is 31.4 Å². The highest BCUT2D eigenvalue weighted by molar-refractivity contribution is 5.95. The molecule has 130 valence electrons. The van der Waals surface area contributed by atoms with Crippen molar-refractivity contribution < 1.29 is 19.4 Å². The number of fused-ring (bicyclic) bond motifs is 1. The van der Waals surface area contributed by atoms with E-state index in [-0.39, 0.29) is 30.8 Å². The van der Waals surface area contributed by atoms with Crippen molar-refractivity contribution in [3.05, 3.63) is 53.9 Å². The summed E-state index contributed by atoms with van der Waals surface area (Å²) in [6.07, 6.45) is 3.55. The predicted octanol–water partition coefficient (Wildman–Crippen LogP) is 1.92. The quantitative estimate of drug-likeness (QED) is 0.869. The largest absolute Gasteiger partial charge is 0.454 e. The second kappa shape index (κ2) is 6.72. The molecule has 4 rings (SSSR count). The number of pyridine rings is 1. The van der Waals surface area contributed by atoms with Gasteiger partial charge in [-0.3, -0.25) is 9.78 Å². The van der Waals surface area contributed by atoms with E-state index in [4.69, 9.17) is 9.47 Å². The third kappa shape index (κ3) is 3.44. The highest BCUT2D eigenvalue weighted by Gasteiger charge is 2.35. The number of nitrogens with zero attached hydrogens (tertiary/aromatic N) is 1. The molecule has 0 radical (unpaired) electrons. The van der Waals surface area contributed by atoms with Gasteiger partial charge in [-0.1, -0.05) is 6.07 Å². The minimum absolute atomic E-state index is 0.0591. The number of hydrogen-bond acceptors (Lipinski definition) is 5. The van der Waals surface area contributed by atoms with Crippen LogP contribution in [0.2, 0.25) is 0 Å². The minimum Gasteiger partial charge on any atom is -0.454 e. The molecule has 2 N–H and O–H groups in total. The van der Waals surface area contributed by atoms with Crippen LogP contribution < -0.4 is 14.8 Å². The lowest BCUT2D eigenvalue weighted by molar-refractivity contribution is 0.0238. The second-order valence-corrected chi connectivity index (χ2v) is 6.56. The zero-order chi connectivity index (χ0) is 17.2. The Morgan fingerprint density at radius 3 is 2.84 bits per heavy atom. The van der Waals surface area contributed by atoms with Crippen molar-refractivity contribution in [2.75, 3.05) is 6.79 Å². The Morgan fingerprint density at radius 2 is 2.08 bits per heavy atom. The van der Waals surface area contributed by atoms with Crippen LogP contribution in [-0.2, 0) is 6.42 Å². The van der Waals surface area contributed by atoms with Gasteiger partial charge in [0, 0.05) is 29.9 Å². The van der Waals surface area contributed by atoms with Gasteiger partial charge >= 0.3 is 0 Å². The third-order valence-corrected chi connectivity index (χ3v) is 4.83. The topological polar surface area (TPSA) is 80.7 Å². The zero-order valence-electron chi connectivity index (χ0n) is 13.7. The SMILES string of the molecule is O=C(N[C@H](Cc1ccccn1)C1CC(O)C1)c1ccc2c(c1)OCO2.